The number of para-hydroxylation sites is 1. The van der Waals surface area contributed by atoms with E-state index in [9.17, 15) is 9.18 Å². The van der Waals surface area contributed by atoms with Crippen LogP contribution in [0.25, 0.3) is 6.08 Å². The fraction of sp³-hybridized carbons (Fsp3) is 0.214. The Bertz CT molecular complexity index is 1270. The highest BCUT2D eigenvalue weighted by Crippen LogP contribution is 2.37. The van der Waals surface area contributed by atoms with Gasteiger partial charge in [-0.15, -0.1) is 0 Å². The summed E-state index contributed by atoms with van der Waals surface area (Å²) >= 11 is 6.57. The average molecular weight is 508 g/mol. The molecule has 0 N–H and O–H groups in total. The third-order valence-electron chi connectivity index (χ3n) is 5.40. The summed E-state index contributed by atoms with van der Waals surface area (Å²) < 4.78 is 25.8. The molecular formula is C28H26FNO3S2. The van der Waals surface area contributed by atoms with Crippen LogP contribution >= 0.6 is 24.0 Å². The molecule has 0 spiro atoms. The molecular weight excluding hydrogens is 481 g/mol. The van der Waals surface area contributed by atoms with Crippen LogP contribution in [0.5, 0.6) is 11.5 Å². The van der Waals surface area contributed by atoms with Crippen LogP contribution in [-0.4, -0.2) is 23.4 Å². The highest BCUT2D eigenvalue weighted by atomic mass is 32.2. The smallest absolute Gasteiger partial charge is 0.270 e. The minimum atomic E-state index is -0.424. The van der Waals surface area contributed by atoms with E-state index in [0.29, 0.717) is 33.9 Å². The SMILES string of the molecule is CC(C)(C)c1ccc(OCCOc2ccccc2/C=C2/SC(=S)N(c3cccc(F)c3)C2=O)cc1. The van der Waals surface area contributed by atoms with Gasteiger partial charge in [-0.1, -0.05) is 81.1 Å². The minimum Gasteiger partial charge on any atom is -0.490 e. The van der Waals surface area contributed by atoms with Crippen LogP contribution in [0.2, 0.25) is 0 Å². The Morgan fingerprint density at radius 1 is 0.971 bits per heavy atom. The van der Waals surface area contributed by atoms with Crippen LogP contribution in [0.4, 0.5) is 10.1 Å². The summed E-state index contributed by atoms with van der Waals surface area (Å²) in [5.74, 6) is 0.709. The molecule has 1 aliphatic heterocycles. The quantitative estimate of drug-likeness (QED) is 0.196. The van der Waals surface area contributed by atoms with E-state index < -0.39 is 5.82 Å². The second kappa shape index (κ2) is 10.6. The van der Waals surface area contributed by atoms with Gasteiger partial charge < -0.3 is 9.47 Å². The highest BCUT2D eigenvalue weighted by Gasteiger charge is 2.33. The number of ether oxygens (including phenoxy) is 2. The van der Waals surface area contributed by atoms with Gasteiger partial charge in [-0.25, -0.2) is 4.39 Å². The monoisotopic (exact) mass is 507 g/mol. The summed E-state index contributed by atoms with van der Waals surface area (Å²) in [4.78, 5) is 14.8. The maximum absolute atomic E-state index is 13.7. The molecule has 4 nitrogen and oxygen atoms in total. The van der Waals surface area contributed by atoms with Crippen LogP contribution in [0.15, 0.2) is 77.7 Å². The molecule has 1 saturated heterocycles. The number of rotatable bonds is 7. The van der Waals surface area contributed by atoms with Gasteiger partial charge in [0.25, 0.3) is 5.91 Å². The van der Waals surface area contributed by atoms with Crippen molar-refractivity contribution in [2.24, 2.45) is 0 Å². The van der Waals surface area contributed by atoms with Crippen molar-refractivity contribution in [1.82, 2.24) is 0 Å². The van der Waals surface area contributed by atoms with E-state index in [0.717, 1.165) is 11.3 Å². The lowest BCUT2D eigenvalue weighted by Gasteiger charge is -2.19. The van der Waals surface area contributed by atoms with Crippen LogP contribution in [0.3, 0.4) is 0 Å². The van der Waals surface area contributed by atoms with Gasteiger partial charge in [-0.2, -0.15) is 0 Å². The van der Waals surface area contributed by atoms with Gasteiger partial charge in [-0.05, 0) is 53.5 Å². The molecule has 0 atom stereocenters. The predicted molar refractivity (Wildman–Crippen MR) is 145 cm³/mol. The fourth-order valence-electron chi connectivity index (χ4n) is 3.54. The van der Waals surface area contributed by atoms with Crippen molar-refractivity contribution in [3.05, 3.63) is 94.6 Å². The number of amides is 1. The van der Waals surface area contributed by atoms with E-state index in [-0.39, 0.29) is 11.3 Å². The fourth-order valence-corrected chi connectivity index (χ4v) is 4.83. The van der Waals surface area contributed by atoms with Crippen molar-refractivity contribution in [2.45, 2.75) is 26.2 Å². The Hall–Kier alpha value is -3.16. The maximum Gasteiger partial charge on any atom is 0.270 e. The Morgan fingerprint density at radius 3 is 2.40 bits per heavy atom. The van der Waals surface area contributed by atoms with Gasteiger partial charge in [0, 0.05) is 5.56 Å². The summed E-state index contributed by atoms with van der Waals surface area (Å²) in [6.45, 7) is 7.25. The average Bonchev–Trinajstić information content (AvgIpc) is 3.10. The summed E-state index contributed by atoms with van der Waals surface area (Å²) in [6.07, 6.45) is 1.75. The third-order valence-corrected chi connectivity index (χ3v) is 6.70. The predicted octanol–water partition coefficient (Wildman–Crippen LogP) is 6.99. The lowest BCUT2D eigenvalue weighted by Crippen LogP contribution is -2.27. The largest absolute Gasteiger partial charge is 0.490 e. The third kappa shape index (κ3) is 6.10. The van der Waals surface area contributed by atoms with Crippen LogP contribution in [-0.2, 0) is 10.2 Å². The molecule has 35 heavy (non-hydrogen) atoms. The van der Waals surface area contributed by atoms with E-state index in [1.807, 2.05) is 36.4 Å². The van der Waals surface area contributed by atoms with Gasteiger partial charge in [0.1, 0.15) is 30.5 Å². The van der Waals surface area contributed by atoms with Crippen molar-refractivity contribution in [3.63, 3.8) is 0 Å². The number of halogens is 1. The van der Waals surface area contributed by atoms with Crippen molar-refractivity contribution in [2.75, 3.05) is 18.1 Å². The molecule has 3 aromatic rings. The number of nitrogens with zero attached hydrogens (tertiary/aromatic N) is 1. The Labute approximate surface area is 214 Å². The van der Waals surface area contributed by atoms with E-state index in [1.165, 1.54) is 34.4 Å². The lowest BCUT2D eigenvalue weighted by atomic mass is 9.87. The molecule has 0 aliphatic carbocycles. The molecule has 0 saturated carbocycles. The van der Waals surface area contributed by atoms with Crippen LogP contribution in [0, 0.1) is 5.82 Å². The minimum absolute atomic E-state index is 0.0941. The summed E-state index contributed by atoms with van der Waals surface area (Å²) in [6, 6.07) is 21.4. The Morgan fingerprint density at radius 2 is 1.69 bits per heavy atom. The summed E-state index contributed by atoms with van der Waals surface area (Å²) in [7, 11) is 0. The number of anilines is 1. The van der Waals surface area contributed by atoms with E-state index in [4.69, 9.17) is 21.7 Å². The number of hydrogen-bond donors (Lipinski definition) is 0. The van der Waals surface area contributed by atoms with Crippen LogP contribution < -0.4 is 14.4 Å². The zero-order valence-corrected chi connectivity index (χ0v) is 21.4. The molecule has 1 aliphatic rings. The first kappa shape index (κ1) is 24.9. The van der Waals surface area contributed by atoms with Gasteiger partial charge in [0.2, 0.25) is 0 Å². The summed E-state index contributed by atoms with van der Waals surface area (Å²) in [5.41, 5.74) is 2.50. The maximum atomic E-state index is 13.7. The first-order valence-electron chi connectivity index (χ1n) is 11.2. The Kier molecular flexibility index (Phi) is 7.57. The number of carbonyl (C=O) groups excluding carboxylic acids is 1. The molecule has 0 aromatic heterocycles. The molecule has 180 valence electrons. The van der Waals surface area contributed by atoms with Crippen molar-refractivity contribution in [3.8, 4) is 11.5 Å². The summed E-state index contributed by atoms with van der Waals surface area (Å²) in [5, 5.41) is 0. The molecule has 0 unspecified atom stereocenters. The Balaban J connectivity index is 1.40. The second-order valence-corrected chi connectivity index (χ2v) is 10.7. The van der Waals surface area contributed by atoms with Gasteiger partial charge in [-0.3, -0.25) is 9.69 Å². The molecule has 7 heteroatoms. The molecule has 0 bridgehead atoms. The first-order valence-corrected chi connectivity index (χ1v) is 12.4. The zero-order valence-electron chi connectivity index (χ0n) is 19.8. The second-order valence-electron chi connectivity index (χ2n) is 9.01. The van der Waals surface area contributed by atoms with Gasteiger partial charge in [0.15, 0.2) is 4.32 Å². The molecule has 1 amide bonds. The molecule has 4 rings (SSSR count). The highest BCUT2D eigenvalue weighted by molar-refractivity contribution is 8.27. The molecule has 1 heterocycles. The number of carbonyl (C=O) groups is 1. The van der Waals surface area contributed by atoms with E-state index >= 15 is 0 Å². The van der Waals surface area contributed by atoms with E-state index in [2.05, 4.69) is 32.9 Å². The number of thioether (sulfide) groups is 1. The van der Waals surface area contributed by atoms with Crippen molar-refractivity contribution < 1.29 is 18.7 Å². The first-order chi connectivity index (χ1) is 16.7. The van der Waals surface area contributed by atoms with E-state index in [1.54, 1.807) is 18.2 Å². The van der Waals surface area contributed by atoms with Crippen LogP contribution in [0.1, 0.15) is 31.9 Å². The van der Waals surface area contributed by atoms with Crippen molar-refractivity contribution in [1.29, 1.82) is 0 Å². The topological polar surface area (TPSA) is 38.8 Å². The molecule has 0 radical (unpaired) electrons. The lowest BCUT2D eigenvalue weighted by molar-refractivity contribution is -0.113. The standard InChI is InChI=1S/C28H26FNO3S2/c1-28(2,3)20-11-13-23(14-12-20)32-15-16-33-24-10-5-4-7-19(24)17-25-26(31)30(27(34)35-25)22-9-6-8-21(29)18-22/h4-14,17-18H,15-16H2,1-3H3/b25-17+. The van der Waals surface area contributed by atoms with Gasteiger partial charge in [0.05, 0.1) is 10.6 Å². The molecule has 1 fully saturated rings. The molecule has 3 aromatic carbocycles. The number of thiocarbonyl (C=S) groups is 1. The van der Waals surface area contributed by atoms with Gasteiger partial charge >= 0.3 is 0 Å². The number of hydrogen-bond acceptors (Lipinski definition) is 5. The zero-order chi connectivity index (χ0) is 25.0. The normalized spacial score (nSPS) is 15.1. The van der Waals surface area contributed by atoms with Crippen molar-refractivity contribution >= 4 is 46.0 Å². The number of benzene rings is 3.